The average molecular weight is 642 g/mol. The minimum absolute atomic E-state index is 0.00933. The number of halogens is 4. The molecule has 216 valence electrons. The van der Waals surface area contributed by atoms with E-state index in [1.54, 1.807) is 4.98 Å². The topological polar surface area (TPSA) is 181 Å². The van der Waals surface area contributed by atoms with Crippen LogP contribution in [-0.2, 0) is 20.0 Å². The van der Waals surface area contributed by atoms with Crippen molar-refractivity contribution in [3.8, 4) is 22.9 Å². The second-order valence-corrected chi connectivity index (χ2v) is 13.1. The summed E-state index contributed by atoms with van der Waals surface area (Å²) < 4.78 is 85.0. The first-order chi connectivity index (χ1) is 18.6. The van der Waals surface area contributed by atoms with E-state index in [-0.39, 0.29) is 46.7 Å². The molecule has 40 heavy (non-hydrogen) atoms. The number of hydrogen-bond donors (Lipinski definition) is 3. The lowest BCUT2D eigenvalue weighted by Crippen LogP contribution is -2.37. The molecule has 4 rings (SSSR count). The maximum Gasteiger partial charge on any atom is 0.349 e. The number of aromatic amines is 1. The number of alkyl halides is 2. The molecule has 2 aromatic carbocycles. The third-order valence-corrected chi connectivity index (χ3v) is 8.81. The summed E-state index contributed by atoms with van der Waals surface area (Å²) >= 11 is 12.5. The van der Waals surface area contributed by atoms with Gasteiger partial charge in [0.25, 0.3) is 12.0 Å². The van der Waals surface area contributed by atoms with E-state index in [2.05, 4.69) is 9.82 Å². The average Bonchev–Trinajstić information content (AvgIpc) is 3.29. The Bertz CT molecular complexity index is 1790. The summed E-state index contributed by atoms with van der Waals surface area (Å²) in [6, 6.07) is 4.80. The van der Waals surface area contributed by atoms with Crippen molar-refractivity contribution in [1.29, 1.82) is 0 Å². The second kappa shape index (κ2) is 11.1. The van der Waals surface area contributed by atoms with Gasteiger partial charge in [0, 0.05) is 25.2 Å². The zero-order valence-corrected chi connectivity index (χ0v) is 23.3. The maximum absolute atomic E-state index is 13.2. The molecule has 1 saturated heterocycles. The lowest BCUT2D eigenvalue weighted by atomic mass is 10.3. The second-order valence-electron chi connectivity index (χ2n) is 8.57. The number of rotatable bonds is 8. The Kier molecular flexibility index (Phi) is 8.26. The highest BCUT2D eigenvalue weighted by Crippen LogP contribution is 2.40. The normalized spacial score (nSPS) is 16.5. The van der Waals surface area contributed by atoms with Crippen LogP contribution in [0, 0.1) is 0 Å². The fourth-order valence-corrected chi connectivity index (χ4v) is 6.81. The van der Waals surface area contributed by atoms with Gasteiger partial charge in [-0.3, -0.25) is 9.78 Å². The largest absolute Gasteiger partial charge is 0.507 e. The molecule has 1 aromatic heterocycles. The molecule has 0 saturated carbocycles. The highest BCUT2D eigenvalue weighted by molar-refractivity contribution is 7.89. The van der Waals surface area contributed by atoms with Gasteiger partial charge >= 0.3 is 5.69 Å². The van der Waals surface area contributed by atoms with Crippen LogP contribution in [0.15, 0.2) is 44.8 Å². The standard InChI is InChI=1S/C21H19Cl2F2N5O8S2/c1-39(34,35)28-10-4-5-29(9-10)40(36,37)16-8-12(2-3-15(16)31)38-18-13(22)6-11(7-14(18)23)30-21(33)26-20(32)17(27-30)19(24)25/h2-3,6-8,10,19,28,31H,4-5,9H2,1H3,(H,26,32,33)/t10-/m0/s1. The van der Waals surface area contributed by atoms with Crippen molar-refractivity contribution >= 4 is 43.2 Å². The van der Waals surface area contributed by atoms with E-state index >= 15 is 0 Å². The fourth-order valence-electron chi connectivity index (χ4n) is 3.86. The predicted molar refractivity (Wildman–Crippen MR) is 139 cm³/mol. The van der Waals surface area contributed by atoms with Crippen LogP contribution in [-0.4, -0.2) is 66.4 Å². The SMILES string of the molecule is CS(=O)(=O)N[C@H]1CCN(S(=O)(=O)c2cc(Oc3c(Cl)cc(-n4nc(C(F)F)c(=O)[nH]c4=O)cc3Cl)ccc2O)C1. The maximum atomic E-state index is 13.2. The third-order valence-electron chi connectivity index (χ3n) is 5.59. The van der Waals surface area contributed by atoms with Gasteiger partial charge in [0.1, 0.15) is 16.4 Å². The van der Waals surface area contributed by atoms with Crippen molar-refractivity contribution in [2.24, 2.45) is 0 Å². The van der Waals surface area contributed by atoms with Gasteiger partial charge < -0.3 is 9.84 Å². The molecule has 1 aliphatic rings. The zero-order valence-electron chi connectivity index (χ0n) is 20.1. The van der Waals surface area contributed by atoms with E-state index in [0.717, 1.165) is 34.8 Å². The number of aromatic hydroxyl groups is 1. The quantitative estimate of drug-likeness (QED) is 0.331. The number of hydrogen-bond acceptors (Lipinski definition) is 9. The molecule has 0 bridgehead atoms. The number of sulfonamides is 2. The van der Waals surface area contributed by atoms with Crippen LogP contribution in [0.3, 0.4) is 0 Å². The number of benzene rings is 2. The van der Waals surface area contributed by atoms with Crippen LogP contribution in [0.5, 0.6) is 17.2 Å². The molecule has 0 unspecified atom stereocenters. The molecule has 2 heterocycles. The summed E-state index contributed by atoms with van der Waals surface area (Å²) in [6.45, 7) is -0.172. The number of H-pyrrole nitrogens is 1. The Morgan fingerprint density at radius 1 is 1.15 bits per heavy atom. The van der Waals surface area contributed by atoms with Gasteiger partial charge in [0.2, 0.25) is 20.0 Å². The summed E-state index contributed by atoms with van der Waals surface area (Å²) in [6.07, 6.45) is -2.10. The minimum atomic E-state index is -4.29. The third kappa shape index (κ3) is 6.29. The molecule has 0 aliphatic carbocycles. The Morgan fingerprint density at radius 2 is 1.80 bits per heavy atom. The summed E-state index contributed by atoms with van der Waals surface area (Å²) in [5, 5.41) is 13.2. The van der Waals surface area contributed by atoms with E-state index in [4.69, 9.17) is 27.9 Å². The minimum Gasteiger partial charge on any atom is -0.507 e. The zero-order chi connectivity index (χ0) is 29.6. The first-order valence-corrected chi connectivity index (χ1v) is 15.1. The number of phenols is 1. The van der Waals surface area contributed by atoms with Crippen LogP contribution in [0.2, 0.25) is 10.0 Å². The summed E-state index contributed by atoms with van der Waals surface area (Å²) in [5.74, 6) is -0.943. The molecular weight excluding hydrogens is 623 g/mol. The van der Waals surface area contributed by atoms with Crippen LogP contribution >= 0.6 is 23.2 Å². The highest BCUT2D eigenvalue weighted by atomic mass is 35.5. The van der Waals surface area contributed by atoms with Crippen molar-refractivity contribution in [3.05, 3.63) is 66.9 Å². The summed E-state index contributed by atoms with van der Waals surface area (Å²) in [4.78, 5) is 24.9. The van der Waals surface area contributed by atoms with E-state index < -0.39 is 60.1 Å². The van der Waals surface area contributed by atoms with Crippen molar-refractivity contribution in [2.75, 3.05) is 19.3 Å². The molecule has 1 aliphatic heterocycles. The lowest BCUT2D eigenvalue weighted by molar-refractivity contribution is 0.141. The first kappa shape index (κ1) is 29.9. The van der Waals surface area contributed by atoms with Crippen molar-refractivity contribution in [2.45, 2.75) is 23.8 Å². The lowest BCUT2D eigenvalue weighted by Gasteiger charge is -2.18. The van der Waals surface area contributed by atoms with Gasteiger partial charge in [-0.15, -0.1) is 0 Å². The number of ether oxygens (including phenoxy) is 1. The number of aromatic nitrogens is 3. The highest BCUT2D eigenvalue weighted by Gasteiger charge is 2.35. The van der Waals surface area contributed by atoms with E-state index in [9.17, 15) is 40.3 Å². The molecule has 3 N–H and O–H groups in total. The van der Waals surface area contributed by atoms with Crippen molar-refractivity contribution in [1.82, 2.24) is 23.8 Å². The summed E-state index contributed by atoms with van der Waals surface area (Å²) in [7, 11) is -7.86. The van der Waals surface area contributed by atoms with Crippen molar-refractivity contribution in [3.63, 3.8) is 0 Å². The first-order valence-electron chi connectivity index (χ1n) is 11.1. The molecule has 1 atom stereocenters. The Labute approximate surface area is 235 Å². The van der Waals surface area contributed by atoms with Crippen LogP contribution in [0.1, 0.15) is 18.5 Å². The van der Waals surface area contributed by atoms with Crippen molar-refractivity contribution < 1.29 is 35.5 Å². The van der Waals surface area contributed by atoms with E-state index in [0.29, 0.717) is 4.68 Å². The number of phenolic OH excluding ortho intramolecular Hbond substituents is 1. The Hall–Kier alpha value is -3.09. The molecule has 1 fully saturated rings. The molecular formula is C21H19Cl2F2N5O8S2. The van der Waals surface area contributed by atoms with Gasteiger partial charge in [0.05, 0.1) is 22.0 Å². The van der Waals surface area contributed by atoms with Crippen LogP contribution < -0.4 is 20.7 Å². The smallest absolute Gasteiger partial charge is 0.349 e. The van der Waals surface area contributed by atoms with Gasteiger partial charge in [-0.1, -0.05) is 23.2 Å². The molecule has 0 radical (unpaired) electrons. The van der Waals surface area contributed by atoms with E-state index in [1.807, 2.05) is 0 Å². The molecule has 19 heteroatoms. The molecule has 13 nitrogen and oxygen atoms in total. The predicted octanol–water partition coefficient (Wildman–Crippen LogP) is 1.98. The fraction of sp³-hybridized carbons (Fsp3) is 0.286. The molecule has 0 amide bonds. The number of nitrogens with one attached hydrogen (secondary N) is 2. The summed E-state index contributed by atoms with van der Waals surface area (Å²) in [5.41, 5.74) is -3.89. The van der Waals surface area contributed by atoms with Crippen LogP contribution in [0.25, 0.3) is 5.69 Å². The molecule has 0 spiro atoms. The monoisotopic (exact) mass is 641 g/mol. The van der Waals surface area contributed by atoms with Gasteiger partial charge in [0.15, 0.2) is 11.4 Å². The van der Waals surface area contributed by atoms with Gasteiger partial charge in [-0.2, -0.15) is 14.1 Å². The van der Waals surface area contributed by atoms with Gasteiger partial charge in [-0.05, 0) is 30.7 Å². The Balaban J connectivity index is 1.64. The van der Waals surface area contributed by atoms with E-state index in [1.165, 1.54) is 6.07 Å². The van der Waals surface area contributed by atoms with Crippen LogP contribution in [0.4, 0.5) is 8.78 Å². The number of nitrogens with zero attached hydrogens (tertiary/aromatic N) is 3. The van der Waals surface area contributed by atoms with Gasteiger partial charge in [-0.25, -0.2) is 35.1 Å². The Morgan fingerprint density at radius 3 is 2.40 bits per heavy atom. The molecule has 3 aromatic rings.